The lowest BCUT2D eigenvalue weighted by atomic mass is 9.92. The van der Waals surface area contributed by atoms with Crippen molar-refractivity contribution in [3.63, 3.8) is 0 Å². The topological polar surface area (TPSA) is 32.3 Å². The molecule has 0 aliphatic rings. The lowest BCUT2D eigenvalue weighted by molar-refractivity contribution is 0.0122. The highest BCUT2D eigenvalue weighted by Crippen LogP contribution is 2.15. The molecule has 0 aliphatic heterocycles. The molecule has 0 saturated heterocycles. The fraction of sp³-hybridized carbons (Fsp3) is 0.625. The van der Waals surface area contributed by atoms with Gasteiger partial charge in [0.15, 0.2) is 0 Å². The van der Waals surface area contributed by atoms with Crippen LogP contribution in [0, 0.1) is 12.8 Å². The van der Waals surface area contributed by atoms with E-state index in [9.17, 15) is 5.11 Å². The van der Waals surface area contributed by atoms with Crippen molar-refractivity contribution in [1.82, 2.24) is 5.32 Å². The molecule has 0 spiro atoms. The van der Waals surface area contributed by atoms with E-state index in [-0.39, 0.29) is 5.92 Å². The van der Waals surface area contributed by atoms with Crippen LogP contribution in [-0.2, 0) is 6.42 Å². The van der Waals surface area contributed by atoms with Crippen molar-refractivity contribution < 1.29 is 5.11 Å². The molecule has 0 bridgehead atoms. The first kappa shape index (κ1) is 15.2. The average Bonchev–Trinajstić information content (AvgIpc) is 2.29. The zero-order valence-electron chi connectivity index (χ0n) is 12.3. The monoisotopic (exact) mass is 249 g/mol. The Labute approximate surface area is 111 Å². The van der Waals surface area contributed by atoms with Gasteiger partial charge in [-0.3, -0.25) is 0 Å². The third-order valence-electron chi connectivity index (χ3n) is 3.84. The second-order valence-electron chi connectivity index (χ2n) is 5.92. The van der Waals surface area contributed by atoms with Gasteiger partial charge in [0.05, 0.1) is 5.60 Å². The molecule has 1 aromatic rings. The number of aliphatic hydroxyl groups is 1. The van der Waals surface area contributed by atoms with Gasteiger partial charge in [-0.25, -0.2) is 0 Å². The Kier molecular flexibility index (Phi) is 5.36. The molecule has 18 heavy (non-hydrogen) atoms. The van der Waals surface area contributed by atoms with Gasteiger partial charge in [-0.15, -0.1) is 0 Å². The molecule has 2 N–H and O–H groups in total. The van der Waals surface area contributed by atoms with Gasteiger partial charge in [0.1, 0.15) is 0 Å². The average molecular weight is 249 g/mol. The van der Waals surface area contributed by atoms with Gasteiger partial charge in [-0.05, 0) is 44.2 Å². The maximum absolute atomic E-state index is 10.2. The number of aryl methyl sites for hydroxylation is 1. The Balaban J connectivity index is 2.48. The smallest absolute Gasteiger partial charge is 0.0766 e. The van der Waals surface area contributed by atoms with Crippen molar-refractivity contribution in [2.24, 2.45) is 5.92 Å². The van der Waals surface area contributed by atoms with Gasteiger partial charge in [-0.1, -0.05) is 38.1 Å². The zero-order chi connectivity index (χ0) is 13.8. The molecule has 102 valence electrons. The second-order valence-corrected chi connectivity index (χ2v) is 5.92. The Bertz CT molecular complexity index is 371. The van der Waals surface area contributed by atoms with E-state index in [1.165, 1.54) is 11.1 Å². The highest BCUT2D eigenvalue weighted by Gasteiger charge is 2.24. The largest absolute Gasteiger partial charge is 0.389 e. The Morgan fingerprint density at radius 2 is 1.83 bits per heavy atom. The highest BCUT2D eigenvalue weighted by molar-refractivity contribution is 5.26. The summed E-state index contributed by atoms with van der Waals surface area (Å²) in [6.45, 7) is 10.9. The van der Waals surface area contributed by atoms with Crippen LogP contribution >= 0.6 is 0 Å². The normalized spacial score (nSPS) is 16.6. The Hall–Kier alpha value is -0.860. The predicted molar refractivity (Wildman–Crippen MR) is 77.8 cm³/mol. The van der Waals surface area contributed by atoms with E-state index in [1.807, 2.05) is 20.8 Å². The van der Waals surface area contributed by atoms with Crippen LogP contribution in [0.3, 0.4) is 0 Å². The van der Waals surface area contributed by atoms with E-state index < -0.39 is 5.60 Å². The summed E-state index contributed by atoms with van der Waals surface area (Å²) < 4.78 is 0. The van der Waals surface area contributed by atoms with Crippen LogP contribution in [0.5, 0.6) is 0 Å². The van der Waals surface area contributed by atoms with Gasteiger partial charge in [0.25, 0.3) is 0 Å². The van der Waals surface area contributed by atoms with Crippen molar-refractivity contribution >= 4 is 0 Å². The SMILES string of the molecule is Cc1ccccc1CC(C)NCC(C)(O)C(C)C. The molecule has 1 aromatic carbocycles. The molecule has 0 saturated carbocycles. The number of hydrogen-bond acceptors (Lipinski definition) is 2. The third-order valence-corrected chi connectivity index (χ3v) is 3.84. The molecule has 0 aliphatic carbocycles. The zero-order valence-corrected chi connectivity index (χ0v) is 12.3. The van der Waals surface area contributed by atoms with Gasteiger partial charge in [0, 0.05) is 12.6 Å². The first-order chi connectivity index (χ1) is 8.33. The standard InChI is InChI=1S/C16H27NO/c1-12(2)16(5,18)11-17-14(4)10-15-9-7-6-8-13(15)3/h6-9,12,14,17-18H,10-11H2,1-5H3. The minimum atomic E-state index is -0.639. The summed E-state index contributed by atoms with van der Waals surface area (Å²) in [5.74, 6) is 0.260. The minimum absolute atomic E-state index is 0.260. The minimum Gasteiger partial charge on any atom is -0.389 e. The summed E-state index contributed by atoms with van der Waals surface area (Å²) in [7, 11) is 0. The maximum Gasteiger partial charge on any atom is 0.0766 e. The van der Waals surface area contributed by atoms with E-state index in [0.29, 0.717) is 12.6 Å². The molecule has 0 amide bonds. The van der Waals surface area contributed by atoms with Crippen LogP contribution in [0.25, 0.3) is 0 Å². The van der Waals surface area contributed by atoms with Crippen molar-refractivity contribution in [1.29, 1.82) is 0 Å². The fourth-order valence-corrected chi connectivity index (χ4v) is 1.83. The molecule has 2 nitrogen and oxygen atoms in total. The van der Waals surface area contributed by atoms with E-state index in [4.69, 9.17) is 0 Å². The van der Waals surface area contributed by atoms with Crippen LogP contribution in [0.15, 0.2) is 24.3 Å². The first-order valence-corrected chi connectivity index (χ1v) is 6.83. The van der Waals surface area contributed by atoms with E-state index in [2.05, 4.69) is 43.4 Å². The second kappa shape index (κ2) is 6.35. The lowest BCUT2D eigenvalue weighted by Crippen LogP contribution is -2.45. The summed E-state index contributed by atoms with van der Waals surface area (Å²) in [6.07, 6.45) is 1.00. The number of hydrogen-bond donors (Lipinski definition) is 2. The fourth-order valence-electron chi connectivity index (χ4n) is 1.83. The van der Waals surface area contributed by atoms with Crippen molar-refractivity contribution in [3.05, 3.63) is 35.4 Å². The van der Waals surface area contributed by atoms with Gasteiger partial charge < -0.3 is 10.4 Å². The van der Waals surface area contributed by atoms with E-state index >= 15 is 0 Å². The Morgan fingerprint density at radius 1 is 1.22 bits per heavy atom. The molecule has 0 heterocycles. The van der Waals surface area contributed by atoms with Crippen molar-refractivity contribution in [2.75, 3.05) is 6.54 Å². The maximum atomic E-state index is 10.2. The first-order valence-electron chi connectivity index (χ1n) is 6.83. The summed E-state index contributed by atoms with van der Waals surface area (Å²) in [5, 5.41) is 13.6. The van der Waals surface area contributed by atoms with Crippen LogP contribution in [0.4, 0.5) is 0 Å². The molecular weight excluding hydrogens is 222 g/mol. The highest BCUT2D eigenvalue weighted by atomic mass is 16.3. The van der Waals surface area contributed by atoms with E-state index in [1.54, 1.807) is 0 Å². The van der Waals surface area contributed by atoms with Crippen molar-refractivity contribution in [2.45, 2.75) is 52.7 Å². The van der Waals surface area contributed by atoms with Crippen LogP contribution in [0.1, 0.15) is 38.8 Å². The molecule has 0 fully saturated rings. The summed E-state index contributed by atoms with van der Waals surface area (Å²) >= 11 is 0. The summed E-state index contributed by atoms with van der Waals surface area (Å²) in [6, 6.07) is 8.84. The van der Waals surface area contributed by atoms with Crippen LogP contribution in [0.2, 0.25) is 0 Å². The molecule has 2 atom stereocenters. The van der Waals surface area contributed by atoms with Gasteiger partial charge in [0.2, 0.25) is 0 Å². The molecule has 2 unspecified atom stereocenters. The summed E-state index contributed by atoms with van der Waals surface area (Å²) in [5.41, 5.74) is 2.07. The molecule has 2 heteroatoms. The Morgan fingerprint density at radius 3 is 2.39 bits per heavy atom. The molecule has 0 radical (unpaired) electrons. The predicted octanol–water partition coefficient (Wildman–Crippen LogP) is 2.92. The van der Waals surface area contributed by atoms with Crippen molar-refractivity contribution in [3.8, 4) is 0 Å². The van der Waals surface area contributed by atoms with Crippen LogP contribution in [-0.4, -0.2) is 23.3 Å². The van der Waals surface area contributed by atoms with Gasteiger partial charge in [-0.2, -0.15) is 0 Å². The summed E-state index contributed by atoms with van der Waals surface area (Å²) in [4.78, 5) is 0. The molecule has 1 rings (SSSR count). The number of benzene rings is 1. The molecular formula is C16H27NO. The third kappa shape index (κ3) is 4.43. The quantitative estimate of drug-likeness (QED) is 0.812. The lowest BCUT2D eigenvalue weighted by Gasteiger charge is -2.29. The van der Waals surface area contributed by atoms with Gasteiger partial charge >= 0.3 is 0 Å². The number of nitrogens with one attached hydrogen (secondary N) is 1. The van der Waals surface area contributed by atoms with E-state index in [0.717, 1.165) is 6.42 Å². The molecule has 0 aromatic heterocycles. The number of rotatable bonds is 6. The van der Waals surface area contributed by atoms with Crippen LogP contribution < -0.4 is 5.32 Å².